The van der Waals surface area contributed by atoms with Crippen LogP contribution in [0.2, 0.25) is 5.02 Å². The van der Waals surface area contributed by atoms with E-state index in [1.807, 2.05) is 53.2 Å². The summed E-state index contributed by atoms with van der Waals surface area (Å²) in [7, 11) is 3.14. The quantitative estimate of drug-likeness (QED) is 0.357. The first-order valence-corrected chi connectivity index (χ1v) is 12.0. The number of carbonyl (C=O) groups excluding carboxylic acids is 1. The predicted molar refractivity (Wildman–Crippen MR) is 139 cm³/mol. The predicted octanol–water partition coefficient (Wildman–Crippen LogP) is 5.28. The summed E-state index contributed by atoms with van der Waals surface area (Å²) in [4.78, 5) is 17.4. The number of hydrogen-bond donors (Lipinski definition) is 2. The van der Waals surface area contributed by atoms with Gasteiger partial charge in [-0.25, -0.2) is 4.68 Å². The van der Waals surface area contributed by atoms with Crippen LogP contribution in [0.5, 0.6) is 11.5 Å². The van der Waals surface area contributed by atoms with Crippen molar-refractivity contribution < 1.29 is 14.3 Å². The van der Waals surface area contributed by atoms with E-state index >= 15 is 0 Å². The smallest absolute Gasteiger partial charge is 0.250 e. The van der Waals surface area contributed by atoms with Gasteiger partial charge in [0.1, 0.15) is 0 Å². The molecule has 184 valence electrons. The third kappa shape index (κ3) is 4.99. The average Bonchev–Trinajstić information content (AvgIpc) is 3.31. The number of fused-ring (bicyclic) bond motifs is 1. The summed E-state index contributed by atoms with van der Waals surface area (Å²) in [6, 6.07) is 23.3. The van der Waals surface area contributed by atoms with Crippen LogP contribution >= 0.6 is 11.6 Å². The highest BCUT2D eigenvalue weighted by Gasteiger charge is 2.31. The Morgan fingerprint density at radius 3 is 2.50 bits per heavy atom. The summed E-state index contributed by atoms with van der Waals surface area (Å²) in [6.07, 6.45) is 0.909. The van der Waals surface area contributed by atoms with Crippen molar-refractivity contribution in [2.45, 2.75) is 24.9 Å². The van der Waals surface area contributed by atoms with Gasteiger partial charge < -0.3 is 14.8 Å². The van der Waals surface area contributed by atoms with E-state index < -0.39 is 0 Å². The number of nitrogens with zero attached hydrogens (tertiary/aromatic N) is 3. The molecule has 1 aromatic heterocycles. The fourth-order valence-electron chi connectivity index (χ4n) is 4.44. The molecule has 1 aliphatic heterocycles. The lowest BCUT2D eigenvalue weighted by molar-refractivity contribution is -0.115. The lowest BCUT2D eigenvalue weighted by atomic mass is 9.93. The number of carbonyl (C=O) groups is 1. The monoisotopic (exact) mass is 503 g/mol. The lowest BCUT2D eigenvalue weighted by Crippen LogP contribution is -2.28. The highest BCUT2D eigenvalue weighted by Crippen LogP contribution is 2.38. The van der Waals surface area contributed by atoms with Gasteiger partial charge in [0, 0.05) is 5.02 Å². The first-order valence-electron chi connectivity index (χ1n) is 11.6. The van der Waals surface area contributed by atoms with Gasteiger partial charge in [0.2, 0.25) is 11.9 Å². The van der Waals surface area contributed by atoms with E-state index in [1.165, 1.54) is 0 Å². The van der Waals surface area contributed by atoms with Crippen molar-refractivity contribution in [3.8, 4) is 11.5 Å². The maximum Gasteiger partial charge on any atom is 0.250 e. The van der Waals surface area contributed by atoms with E-state index in [1.54, 1.807) is 26.4 Å². The highest BCUT2D eigenvalue weighted by atomic mass is 35.5. The molecule has 0 saturated carbocycles. The fourth-order valence-corrected chi connectivity index (χ4v) is 4.57. The molecule has 0 aliphatic carbocycles. The molecule has 0 spiro atoms. The Balaban J connectivity index is 1.39. The van der Waals surface area contributed by atoms with Crippen LogP contribution in [0.4, 0.5) is 11.9 Å². The van der Waals surface area contributed by atoms with Crippen LogP contribution in [0, 0.1) is 0 Å². The molecule has 0 unspecified atom stereocenters. The van der Waals surface area contributed by atoms with Crippen molar-refractivity contribution in [1.82, 2.24) is 14.8 Å². The Morgan fingerprint density at radius 2 is 1.78 bits per heavy atom. The molecular formula is C27H26ClN5O3. The Bertz CT molecular complexity index is 1360. The molecule has 4 aromatic rings. The van der Waals surface area contributed by atoms with Crippen molar-refractivity contribution in [2.24, 2.45) is 0 Å². The first-order chi connectivity index (χ1) is 17.5. The van der Waals surface area contributed by atoms with E-state index in [9.17, 15) is 4.79 Å². The topological polar surface area (TPSA) is 90.3 Å². The van der Waals surface area contributed by atoms with Gasteiger partial charge in [0.05, 0.1) is 32.7 Å². The zero-order valence-electron chi connectivity index (χ0n) is 19.9. The van der Waals surface area contributed by atoms with E-state index in [0.29, 0.717) is 22.5 Å². The van der Waals surface area contributed by atoms with Gasteiger partial charge in [0.25, 0.3) is 5.95 Å². The Labute approximate surface area is 214 Å². The Morgan fingerprint density at radius 1 is 1.03 bits per heavy atom. The van der Waals surface area contributed by atoms with E-state index in [-0.39, 0.29) is 30.4 Å². The van der Waals surface area contributed by atoms with Gasteiger partial charge in [-0.2, -0.15) is 4.98 Å². The van der Waals surface area contributed by atoms with Gasteiger partial charge >= 0.3 is 0 Å². The van der Waals surface area contributed by atoms with Crippen LogP contribution in [-0.2, 0) is 11.2 Å². The van der Waals surface area contributed by atoms with E-state index in [4.69, 9.17) is 21.1 Å². The highest BCUT2D eigenvalue weighted by molar-refractivity contribution is 6.30. The molecule has 3 aromatic carbocycles. The van der Waals surface area contributed by atoms with Crippen LogP contribution in [0.15, 0.2) is 72.8 Å². The van der Waals surface area contributed by atoms with Crippen molar-refractivity contribution in [2.75, 3.05) is 24.9 Å². The minimum atomic E-state index is -0.229. The van der Waals surface area contributed by atoms with Crippen LogP contribution in [0.1, 0.15) is 35.2 Å². The summed E-state index contributed by atoms with van der Waals surface area (Å²) in [5.41, 5.74) is 3.01. The molecule has 0 bridgehead atoms. The maximum absolute atomic E-state index is 12.8. The van der Waals surface area contributed by atoms with Crippen LogP contribution in [-0.4, -0.2) is 34.9 Å². The van der Waals surface area contributed by atoms with Gasteiger partial charge in [-0.1, -0.05) is 60.1 Å². The second kappa shape index (κ2) is 10.3. The molecule has 2 atom stereocenters. The van der Waals surface area contributed by atoms with Crippen molar-refractivity contribution >= 4 is 29.4 Å². The molecule has 8 nitrogen and oxygen atoms in total. The molecule has 36 heavy (non-hydrogen) atoms. The number of rotatable bonds is 7. The normalized spacial score (nSPS) is 16.5. The summed E-state index contributed by atoms with van der Waals surface area (Å²) >= 11 is 6.13. The molecule has 0 saturated heterocycles. The number of nitrogens with one attached hydrogen (secondary N) is 2. The number of hydrogen-bond acceptors (Lipinski definition) is 6. The number of ether oxygens (including phenoxy) is 2. The zero-order chi connectivity index (χ0) is 25.1. The Hall–Kier alpha value is -4.04. The molecule has 2 heterocycles. The molecule has 1 aliphatic rings. The van der Waals surface area contributed by atoms with Crippen molar-refractivity contribution in [3.63, 3.8) is 0 Å². The molecule has 9 heteroatoms. The third-order valence-electron chi connectivity index (χ3n) is 6.21. The molecule has 1 amide bonds. The summed E-state index contributed by atoms with van der Waals surface area (Å²) < 4.78 is 12.4. The zero-order valence-corrected chi connectivity index (χ0v) is 20.7. The number of benzene rings is 3. The van der Waals surface area contributed by atoms with E-state index in [0.717, 1.165) is 23.1 Å². The second-order valence-corrected chi connectivity index (χ2v) is 8.96. The van der Waals surface area contributed by atoms with Crippen molar-refractivity contribution in [1.29, 1.82) is 0 Å². The Kier molecular flexibility index (Phi) is 6.77. The standard InChI is InChI=1S/C27H26ClN5O3/c1-35-23-13-8-17(14-24(23)36-2)15-25(34)30-26-31-27-29-21(18-6-4-3-5-7-18)16-22(33(27)32-26)19-9-11-20(28)12-10-19/h3-14,21-22H,15-16H2,1-2H3,(H2,29,30,31,32,34)/t21-,22-/m1/s1. The maximum atomic E-state index is 12.8. The lowest BCUT2D eigenvalue weighted by Gasteiger charge is -2.31. The summed E-state index contributed by atoms with van der Waals surface area (Å²) in [6.45, 7) is 0. The van der Waals surface area contributed by atoms with Gasteiger partial charge in [-0.05, 0) is 47.4 Å². The third-order valence-corrected chi connectivity index (χ3v) is 6.46. The number of halogens is 1. The second-order valence-electron chi connectivity index (χ2n) is 8.53. The minimum Gasteiger partial charge on any atom is -0.493 e. The number of anilines is 2. The van der Waals surface area contributed by atoms with Gasteiger partial charge in [-0.3, -0.25) is 10.1 Å². The molecular weight excluding hydrogens is 478 g/mol. The summed E-state index contributed by atoms with van der Waals surface area (Å²) in [5, 5.41) is 11.6. The van der Waals surface area contributed by atoms with Gasteiger partial charge in [-0.15, -0.1) is 5.10 Å². The largest absolute Gasteiger partial charge is 0.493 e. The molecule has 0 radical (unpaired) electrons. The average molecular weight is 504 g/mol. The number of amides is 1. The first kappa shape index (κ1) is 23.7. The summed E-state index contributed by atoms with van der Waals surface area (Å²) in [5.74, 6) is 1.79. The SMILES string of the molecule is COc1ccc(CC(=O)Nc2nc3n(n2)[C@@H](c2ccc(Cl)cc2)C[C@H](c2ccccc2)N3)cc1OC. The van der Waals surface area contributed by atoms with E-state index in [2.05, 4.69) is 32.8 Å². The molecule has 0 fully saturated rings. The van der Waals surface area contributed by atoms with Crippen molar-refractivity contribution in [3.05, 3.63) is 94.5 Å². The van der Waals surface area contributed by atoms with Gasteiger partial charge in [0.15, 0.2) is 11.5 Å². The molecule has 5 rings (SSSR count). The van der Waals surface area contributed by atoms with Crippen LogP contribution in [0.3, 0.4) is 0 Å². The van der Waals surface area contributed by atoms with Crippen LogP contribution in [0.25, 0.3) is 0 Å². The molecule has 2 N–H and O–H groups in total. The number of methoxy groups -OCH3 is 2. The number of aromatic nitrogens is 3. The van der Waals surface area contributed by atoms with Crippen LogP contribution < -0.4 is 20.1 Å². The minimum absolute atomic E-state index is 0.0406. The fraction of sp³-hybridized carbons (Fsp3) is 0.222.